The second-order valence-electron chi connectivity index (χ2n) is 5.45. The maximum Gasteiger partial charge on any atom is 0.256 e. The van der Waals surface area contributed by atoms with Gasteiger partial charge in [0.1, 0.15) is 5.01 Å². The van der Waals surface area contributed by atoms with Crippen LogP contribution in [0, 0.1) is 0 Å². The summed E-state index contributed by atoms with van der Waals surface area (Å²) in [5, 5.41) is 4.40. The Hall–Kier alpha value is -1.17. The van der Waals surface area contributed by atoms with Gasteiger partial charge in [0, 0.05) is 19.9 Å². The molecule has 1 amide bonds. The number of carbonyl (C=O) groups excluding carboxylic acids is 1. The fourth-order valence-corrected chi connectivity index (χ4v) is 4.92. The Morgan fingerprint density at radius 3 is 2.95 bits per heavy atom. The van der Waals surface area contributed by atoms with E-state index < -0.39 is 0 Å². The smallest absolute Gasteiger partial charge is 0.256 e. The number of carbonyl (C=O) groups is 1. The molecule has 0 spiro atoms. The zero-order valence-corrected chi connectivity index (χ0v) is 14.7. The fraction of sp³-hybridized carbons (Fsp3) is 0.250. The van der Waals surface area contributed by atoms with Gasteiger partial charge in [0.25, 0.3) is 5.91 Å². The zero-order chi connectivity index (χ0) is 15.3. The lowest BCUT2D eigenvalue weighted by molar-refractivity contribution is -0.110. The summed E-state index contributed by atoms with van der Waals surface area (Å²) in [4.78, 5) is 18.3. The maximum absolute atomic E-state index is 12.3. The minimum Gasteiger partial charge on any atom is -0.320 e. The first-order valence-corrected chi connectivity index (χ1v) is 9.11. The van der Waals surface area contributed by atoms with Gasteiger partial charge in [0.15, 0.2) is 0 Å². The summed E-state index contributed by atoms with van der Waals surface area (Å²) < 4.78 is 0.796. The second-order valence-corrected chi connectivity index (χ2v) is 7.86. The van der Waals surface area contributed by atoms with Crippen molar-refractivity contribution in [2.24, 2.45) is 0 Å². The predicted octanol–water partition coefficient (Wildman–Crippen LogP) is 4.93. The van der Waals surface area contributed by atoms with Crippen molar-refractivity contribution in [2.75, 3.05) is 5.32 Å². The second kappa shape index (κ2) is 5.48. The molecule has 0 fully saturated rings. The molecular weight excluding hydrogens is 384 g/mol. The maximum atomic E-state index is 12.3. The molecule has 3 nitrogen and oxygen atoms in total. The number of benzene rings is 1. The molecule has 22 heavy (non-hydrogen) atoms. The average Bonchev–Trinajstić information content (AvgIpc) is 3.02. The Morgan fingerprint density at radius 1 is 1.32 bits per heavy atom. The van der Waals surface area contributed by atoms with E-state index in [9.17, 15) is 4.79 Å². The van der Waals surface area contributed by atoms with Crippen LogP contribution in [0.25, 0.3) is 11.6 Å². The molecule has 2 aliphatic rings. The fourth-order valence-electron chi connectivity index (χ4n) is 2.92. The summed E-state index contributed by atoms with van der Waals surface area (Å²) >= 11 is 11.3. The number of aromatic nitrogens is 1. The molecule has 1 N–H and O–H groups in total. The standard InChI is InChI=1S/C16H12BrClN2OS/c17-11-6-8(18)5-9-10(16(21)20-15(9)11)7-14-19-12-3-1-2-4-13(12)22-14/h5-7H,1-4H2,(H,20,21). The molecule has 2 heterocycles. The molecule has 0 atom stereocenters. The third-order valence-corrected chi connectivity index (χ3v) is 5.91. The highest BCUT2D eigenvalue weighted by atomic mass is 79.9. The average molecular weight is 396 g/mol. The number of nitrogens with zero attached hydrogens (tertiary/aromatic N) is 1. The molecule has 6 heteroatoms. The van der Waals surface area contributed by atoms with Gasteiger partial charge in [-0.15, -0.1) is 11.3 Å². The van der Waals surface area contributed by atoms with Gasteiger partial charge in [-0.25, -0.2) is 4.98 Å². The van der Waals surface area contributed by atoms with Crippen molar-refractivity contribution in [3.8, 4) is 0 Å². The lowest BCUT2D eigenvalue weighted by atomic mass is 10.0. The molecule has 0 unspecified atom stereocenters. The summed E-state index contributed by atoms with van der Waals surface area (Å²) in [6, 6.07) is 3.60. The van der Waals surface area contributed by atoms with Gasteiger partial charge >= 0.3 is 0 Å². The van der Waals surface area contributed by atoms with Gasteiger partial charge in [-0.3, -0.25) is 4.79 Å². The van der Waals surface area contributed by atoms with E-state index in [0.29, 0.717) is 10.6 Å². The van der Waals surface area contributed by atoms with Crippen LogP contribution in [0.1, 0.15) is 34.0 Å². The molecule has 1 aliphatic carbocycles. The van der Waals surface area contributed by atoms with E-state index in [1.54, 1.807) is 17.4 Å². The van der Waals surface area contributed by atoms with Crippen LogP contribution in [-0.4, -0.2) is 10.9 Å². The molecule has 1 aliphatic heterocycles. The van der Waals surface area contributed by atoms with E-state index >= 15 is 0 Å². The van der Waals surface area contributed by atoms with E-state index in [1.165, 1.54) is 23.4 Å². The third-order valence-electron chi connectivity index (χ3n) is 3.96. The molecule has 4 rings (SSSR count). The highest BCUT2D eigenvalue weighted by molar-refractivity contribution is 9.10. The number of thiazole rings is 1. The van der Waals surface area contributed by atoms with Crippen LogP contribution in [0.5, 0.6) is 0 Å². The van der Waals surface area contributed by atoms with Crippen LogP contribution < -0.4 is 5.32 Å². The number of aryl methyl sites for hydroxylation is 2. The van der Waals surface area contributed by atoms with Crippen molar-refractivity contribution in [2.45, 2.75) is 25.7 Å². The molecule has 0 saturated heterocycles. The lowest BCUT2D eigenvalue weighted by Crippen LogP contribution is -2.03. The van der Waals surface area contributed by atoms with Crippen LogP contribution in [0.3, 0.4) is 0 Å². The van der Waals surface area contributed by atoms with Crippen molar-refractivity contribution < 1.29 is 4.79 Å². The van der Waals surface area contributed by atoms with Crippen LogP contribution in [0.15, 0.2) is 16.6 Å². The van der Waals surface area contributed by atoms with E-state index in [-0.39, 0.29) is 5.91 Å². The Bertz CT molecular complexity index is 804. The molecule has 112 valence electrons. The highest BCUT2D eigenvalue weighted by Crippen LogP contribution is 2.41. The van der Waals surface area contributed by atoms with Crippen LogP contribution in [0.2, 0.25) is 5.02 Å². The lowest BCUT2D eigenvalue weighted by Gasteiger charge is -2.06. The van der Waals surface area contributed by atoms with Gasteiger partial charge < -0.3 is 5.32 Å². The van der Waals surface area contributed by atoms with Crippen LogP contribution in [-0.2, 0) is 17.6 Å². The molecule has 1 aromatic heterocycles. The quantitative estimate of drug-likeness (QED) is 0.696. The molecule has 0 saturated carbocycles. The monoisotopic (exact) mass is 394 g/mol. The minimum absolute atomic E-state index is 0.105. The van der Waals surface area contributed by atoms with Crippen molar-refractivity contribution in [1.29, 1.82) is 0 Å². The van der Waals surface area contributed by atoms with Crippen molar-refractivity contribution in [3.05, 3.63) is 42.8 Å². The van der Waals surface area contributed by atoms with E-state index in [4.69, 9.17) is 11.6 Å². The highest BCUT2D eigenvalue weighted by Gasteiger charge is 2.27. The number of fused-ring (bicyclic) bond motifs is 2. The van der Waals surface area contributed by atoms with Gasteiger partial charge in [-0.2, -0.15) is 0 Å². The number of halogens is 2. The molecule has 0 bridgehead atoms. The number of hydrogen-bond acceptors (Lipinski definition) is 3. The molecular formula is C16H12BrClN2OS. The Labute approximate surface area is 145 Å². The van der Waals surface area contributed by atoms with E-state index in [0.717, 1.165) is 33.6 Å². The summed E-state index contributed by atoms with van der Waals surface area (Å²) in [6.07, 6.45) is 6.48. The van der Waals surface area contributed by atoms with Crippen LogP contribution in [0.4, 0.5) is 5.69 Å². The molecule has 0 radical (unpaired) electrons. The van der Waals surface area contributed by atoms with E-state index in [2.05, 4.69) is 26.2 Å². The topological polar surface area (TPSA) is 42.0 Å². The Morgan fingerprint density at radius 2 is 2.14 bits per heavy atom. The van der Waals surface area contributed by atoms with Gasteiger partial charge in [0.05, 0.1) is 17.0 Å². The zero-order valence-electron chi connectivity index (χ0n) is 11.6. The first-order chi connectivity index (χ1) is 10.6. The first kappa shape index (κ1) is 14.4. The Balaban J connectivity index is 1.80. The number of amides is 1. The number of hydrogen-bond donors (Lipinski definition) is 1. The summed E-state index contributed by atoms with van der Waals surface area (Å²) in [6.45, 7) is 0. The third kappa shape index (κ3) is 2.41. The van der Waals surface area contributed by atoms with Crippen molar-refractivity contribution in [3.63, 3.8) is 0 Å². The number of rotatable bonds is 1. The van der Waals surface area contributed by atoms with Crippen molar-refractivity contribution in [1.82, 2.24) is 4.98 Å². The van der Waals surface area contributed by atoms with Gasteiger partial charge in [-0.1, -0.05) is 11.6 Å². The SMILES string of the molecule is O=C1Nc2c(Br)cc(Cl)cc2C1=Cc1nc2c(s1)CCCC2. The molecule has 2 aromatic rings. The van der Waals surface area contributed by atoms with Gasteiger partial charge in [-0.05, 0) is 59.8 Å². The largest absolute Gasteiger partial charge is 0.320 e. The summed E-state index contributed by atoms with van der Waals surface area (Å²) in [7, 11) is 0. The van der Waals surface area contributed by atoms with Crippen molar-refractivity contribution >= 4 is 62.1 Å². The van der Waals surface area contributed by atoms with E-state index in [1.807, 2.05) is 12.1 Å². The summed E-state index contributed by atoms with van der Waals surface area (Å²) in [5.74, 6) is -0.105. The molecule has 1 aromatic carbocycles. The van der Waals surface area contributed by atoms with Crippen LogP contribution >= 0.6 is 38.9 Å². The number of nitrogens with one attached hydrogen (secondary N) is 1. The van der Waals surface area contributed by atoms with Gasteiger partial charge in [0.2, 0.25) is 0 Å². The summed E-state index contributed by atoms with van der Waals surface area (Å²) in [5.41, 5.74) is 3.44. The normalized spacial score (nSPS) is 18.3. The Kier molecular flexibility index (Phi) is 3.59. The minimum atomic E-state index is -0.105. The number of anilines is 1. The first-order valence-electron chi connectivity index (χ1n) is 7.13. The predicted molar refractivity (Wildman–Crippen MR) is 94.4 cm³/mol.